The molecule has 0 fully saturated rings. The summed E-state index contributed by atoms with van der Waals surface area (Å²) in [5.74, 6) is 2.99. The predicted octanol–water partition coefficient (Wildman–Crippen LogP) is 3.05. The molecule has 0 saturated heterocycles. The van der Waals surface area contributed by atoms with E-state index in [4.69, 9.17) is 9.47 Å². The standard InChI is InChI=1S/C19H21N5O2/c1-13-8-14(2)24(23-13)19-12-20-11-18(22-19)21-10-15-4-5-16-17(9-15)26-7-3-6-25-16/h4-5,8-9,11-12H,3,6-7,10H2,1-2H3,(H,21,22). The van der Waals surface area contributed by atoms with Crippen molar-refractivity contribution in [3.63, 3.8) is 0 Å². The zero-order valence-electron chi connectivity index (χ0n) is 14.9. The number of rotatable bonds is 4. The van der Waals surface area contributed by atoms with E-state index in [1.807, 2.05) is 38.1 Å². The SMILES string of the molecule is Cc1cc(C)n(-c2cncc(NCc3ccc4c(c3)OCCCO4)n2)n1. The maximum atomic E-state index is 5.74. The van der Waals surface area contributed by atoms with E-state index in [9.17, 15) is 0 Å². The third-order valence-corrected chi connectivity index (χ3v) is 4.13. The van der Waals surface area contributed by atoms with Crippen LogP contribution in [-0.2, 0) is 6.54 Å². The highest BCUT2D eigenvalue weighted by Gasteiger charge is 2.11. The second-order valence-electron chi connectivity index (χ2n) is 6.29. The first-order chi connectivity index (χ1) is 12.7. The second-order valence-corrected chi connectivity index (χ2v) is 6.29. The number of fused-ring (bicyclic) bond motifs is 1. The molecule has 0 radical (unpaired) electrons. The quantitative estimate of drug-likeness (QED) is 0.779. The van der Waals surface area contributed by atoms with Gasteiger partial charge in [0.1, 0.15) is 5.82 Å². The van der Waals surface area contributed by atoms with Gasteiger partial charge in [0.05, 0.1) is 31.3 Å². The van der Waals surface area contributed by atoms with Crippen molar-refractivity contribution in [3.05, 3.63) is 53.6 Å². The number of ether oxygens (including phenoxy) is 2. The van der Waals surface area contributed by atoms with Crippen LogP contribution in [0.25, 0.3) is 5.82 Å². The lowest BCUT2D eigenvalue weighted by atomic mass is 10.2. The molecule has 1 aliphatic rings. The van der Waals surface area contributed by atoms with Gasteiger partial charge in [-0.05, 0) is 37.6 Å². The number of aryl methyl sites for hydroxylation is 2. The molecule has 4 rings (SSSR count). The minimum atomic E-state index is 0.617. The Hall–Kier alpha value is -3.09. The van der Waals surface area contributed by atoms with Crippen molar-refractivity contribution in [2.45, 2.75) is 26.8 Å². The van der Waals surface area contributed by atoms with Crippen LogP contribution in [0.2, 0.25) is 0 Å². The number of hydrogen-bond acceptors (Lipinski definition) is 6. The lowest BCUT2D eigenvalue weighted by molar-refractivity contribution is 0.297. The fraction of sp³-hybridized carbons (Fsp3) is 0.316. The number of nitrogens with one attached hydrogen (secondary N) is 1. The fourth-order valence-electron chi connectivity index (χ4n) is 2.91. The second kappa shape index (κ2) is 7.03. The Morgan fingerprint density at radius 2 is 1.92 bits per heavy atom. The normalized spacial score (nSPS) is 13.3. The van der Waals surface area contributed by atoms with Crippen molar-refractivity contribution >= 4 is 5.82 Å². The number of nitrogens with zero attached hydrogens (tertiary/aromatic N) is 4. The van der Waals surface area contributed by atoms with Gasteiger partial charge in [0.15, 0.2) is 17.3 Å². The van der Waals surface area contributed by atoms with E-state index in [2.05, 4.69) is 20.4 Å². The Labute approximate surface area is 152 Å². The molecule has 7 nitrogen and oxygen atoms in total. The summed E-state index contributed by atoms with van der Waals surface area (Å²) in [6.07, 6.45) is 4.31. The molecule has 1 aromatic carbocycles. The van der Waals surface area contributed by atoms with Gasteiger partial charge in [0, 0.05) is 18.7 Å². The summed E-state index contributed by atoms with van der Waals surface area (Å²) >= 11 is 0. The molecule has 3 aromatic rings. The Morgan fingerprint density at radius 1 is 1.08 bits per heavy atom. The molecule has 0 bridgehead atoms. The van der Waals surface area contributed by atoms with E-state index in [-0.39, 0.29) is 0 Å². The van der Waals surface area contributed by atoms with E-state index in [0.29, 0.717) is 31.4 Å². The van der Waals surface area contributed by atoms with Crippen LogP contribution in [0.1, 0.15) is 23.4 Å². The van der Waals surface area contributed by atoms with Gasteiger partial charge in [-0.25, -0.2) is 9.67 Å². The van der Waals surface area contributed by atoms with Crippen LogP contribution in [0, 0.1) is 13.8 Å². The van der Waals surface area contributed by atoms with Crippen LogP contribution in [-0.4, -0.2) is 33.0 Å². The van der Waals surface area contributed by atoms with Crippen molar-refractivity contribution in [1.29, 1.82) is 0 Å². The summed E-state index contributed by atoms with van der Waals surface area (Å²) in [5.41, 5.74) is 3.07. The van der Waals surface area contributed by atoms with E-state index in [0.717, 1.165) is 34.9 Å². The van der Waals surface area contributed by atoms with Gasteiger partial charge in [-0.3, -0.25) is 4.98 Å². The molecule has 0 saturated carbocycles. The first-order valence-electron chi connectivity index (χ1n) is 8.67. The third kappa shape index (κ3) is 3.46. The average molecular weight is 351 g/mol. The number of anilines is 1. The lowest BCUT2D eigenvalue weighted by Crippen LogP contribution is -2.07. The molecule has 7 heteroatoms. The molecule has 0 unspecified atom stereocenters. The van der Waals surface area contributed by atoms with E-state index >= 15 is 0 Å². The van der Waals surface area contributed by atoms with Gasteiger partial charge < -0.3 is 14.8 Å². The molecule has 26 heavy (non-hydrogen) atoms. The Kier molecular flexibility index (Phi) is 4.43. The van der Waals surface area contributed by atoms with E-state index < -0.39 is 0 Å². The molecule has 134 valence electrons. The van der Waals surface area contributed by atoms with E-state index in [1.165, 1.54) is 0 Å². The Morgan fingerprint density at radius 3 is 2.73 bits per heavy atom. The maximum Gasteiger partial charge on any atom is 0.174 e. The summed E-state index contributed by atoms with van der Waals surface area (Å²) in [4.78, 5) is 8.88. The number of hydrogen-bond donors (Lipinski definition) is 1. The van der Waals surface area contributed by atoms with Crippen molar-refractivity contribution in [1.82, 2.24) is 19.7 Å². The smallest absolute Gasteiger partial charge is 0.174 e. The summed E-state index contributed by atoms with van der Waals surface area (Å²) in [5, 5.41) is 7.76. The highest BCUT2D eigenvalue weighted by atomic mass is 16.5. The third-order valence-electron chi connectivity index (χ3n) is 4.13. The van der Waals surface area contributed by atoms with Gasteiger partial charge in [0.2, 0.25) is 0 Å². The molecule has 3 heterocycles. The molecule has 0 aliphatic carbocycles. The van der Waals surface area contributed by atoms with Crippen LogP contribution >= 0.6 is 0 Å². The van der Waals surface area contributed by atoms with Crippen molar-refractivity contribution in [3.8, 4) is 17.3 Å². The fourth-order valence-corrected chi connectivity index (χ4v) is 2.91. The zero-order chi connectivity index (χ0) is 17.9. The van der Waals surface area contributed by atoms with Gasteiger partial charge in [-0.2, -0.15) is 5.10 Å². The maximum absolute atomic E-state index is 5.74. The summed E-state index contributed by atoms with van der Waals surface area (Å²) in [6, 6.07) is 8.00. The van der Waals surface area contributed by atoms with Crippen LogP contribution in [0.4, 0.5) is 5.82 Å². The minimum absolute atomic E-state index is 0.617. The molecule has 1 N–H and O–H groups in total. The number of benzene rings is 1. The largest absolute Gasteiger partial charge is 0.490 e. The first-order valence-corrected chi connectivity index (χ1v) is 8.67. The highest BCUT2D eigenvalue weighted by molar-refractivity contribution is 5.45. The lowest BCUT2D eigenvalue weighted by Gasteiger charge is -2.11. The monoisotopic (exact) mass is 351 g/mol. The summed E-state index contributed by atoms with van der Waals surface area (Å²) < 4.78 is 13.2. The topological polar surface area (TPSA) is 74.1 Å². The summed E-state index contributed by atoms with van der Waals surface area (Å²) in [7, 11) is 0. The van der Waals surface area contributed by atoms with Crippen LogP contribution in [0.3, 0.4) is 0 Å². The molecule has 2 aromatic heterocycles. The molecular weight excluding hydrogens is 330 g/mol. The first kappa shape index (κ1) is 16.4. The highest BCUT2D eigenvalue weighted by Crippen LogP contribution is 2.30. The molecule has 0 spiro atoms. The van der Waals surface area contributed by atoms with Crippen LogP contribution in [0.5, 0.6) is 11.5 Å². The molecular formula is C19H21N5O2. The van der Waals surface area contributed by atoms with Crippen molar-refractivity contribution in [2.24, 2.45) is 0 Å². The van der Waals surface area contributed by atoms with Gasteiger partial charge in [0.25, 0.3) is 0 Å². The van der Waals surface area contributed by atoms with Gasteiger partial charge in [-0.15, -0.1) is 0 Å². The zero-order valence-corrected chi connectivity index (χ0v) is 14.9. The minimum Gasteiger partial charge on any atom is -0.490 e. The van der Waals surface area contributed by atoms with E-state index in [1.54, 1.807) is 17.1 Å². The van der Waals surface area contributed by atoms with Crippen molar-refractivity contribution in [2.75, 3.05) is 18.5 Å². The van der Waals surface area contributed by atoms with Gasteiger partial charge in [-0.1, -0.05) is 6.07 Å². The molecule has 0 amide bonds. The summed E-state index contributed by atoms with van der Waals surface area (Å²) in [6.45, 7) is 5.95. The van der Waals surface area contributed by atoms with Gasteiger partial charge >= 0.3 is 0 Å². The van der Waals surface area contributed by atoms with Crippen LogP contribution in [0.15, 0.2) is 36.7 Å². The number of aromatic nitrogens is 4. The Balaban J connectivity index is 1.49. The van der Waals surface area contributed by atoms with Crippen LogP contribution < -0.4 is 14.8 Å². The molecule has 1 aliphatic heterocycles. The Bertz CT molecular complexity index is 922. The molecule has 0 atom stereocenters. The predicted molar refractivity (Wildman–Crippen MR) is 98.0 cm³/mol. The average Bonchev–Trinajstić information content (AvgIpc) is 2.84. The van der Waals surface area contributed by atoms with Crippen molar-refractivity contribution < 1.29 is 9.47 Å².